The summed E-state index contributed by atoms with van der Waals surface area (Å²) in [6.07, 6.45) is 14.0. The first-order chi connectivity index (χ1) is 9.33. The molecule has 2 aliphatic heterocycles. The fraction of sp³-hybridized carbons (Fsp3) is 1.00. The highest BCUT2D eigenvalue weighted by molar-refractivity contribution is 4.90. The van der Waals surface area contributed by atoms with Crippen LogP contribution in [-0.2, 0) is 0 Å². The van der Waals surface area contributed by atoms with E-state index < -0.39 is 0 Å². The van der Waals surface area contributed by atoms with Crippen LogP contribution in [-0.4, -0.2) is 41.6 Å². The average Bonchev–Trinajstić information content (AvgIpc) is 2.86. The van der Waals surface area contributed by atoms with E-state index in [0.717, 1.165) is 0 Å². The molecule has 0 aromatic carbocycles. The fourth-order valence-corrected chi connectivity index (χ4v) is 4.32. The van der Waals surface area contributed by atoms with E-state index in [1.807, 2.05) is 0 Å². The third-order valence-electron chi connectivity index (χ3n) is 5.52. The number of rotatable bonds is 4. The molecule has 112 valence electrons. The number of likely N-dealkylation sites (tertiary alicyclic amines) is 2. The average molecular weight is 266 g/mol. The van der Waals surface area contributed by atoms with E-state index in [9.17, 15) is 0 Å². The molecular formula is C17H34N2. The lowest BCUT2D eigenvalue weighted by Crippen LogP contribution is -2.60. The summed E-state index contributed by atoms with van der Waals surface area (Å²) in [6, 6.07) is 0. The molecule has 0 aromatic rings. The Kier molecular flexibility index (Phi) is 6.15. The van der Waals surface area contributed by atoms with Crippen molar-refractivity contribution >= 4 is 0 Å². The van der Waals surface area contributed by atoms with Crippen LogP contribution in [0.25, 0.3) is 0 Å². The topological polar surface area (TPSA) is 6.48 Å². The zero-order valence-electron chi connectivity index (χ0n) is 13.3. The largest absolute Gasteiger partial charge is 0.285 e. The molecule has 0 atom stereocenters. The quantitative estimate of drug-likeness (QED) is 0.750. The SMILES string of the molecule is CCC(CC)(N1CCCCCC1)N1CCCCCC1. The molecule has 19 heavy (non-hydrogen) atoms. The van der Waals surface area contributed by atoms with Crippen molar-refractivity contribution in [2.45, 2.75) is 83.7 Å². The standard InChI is InChI=1S/C17H34N2/c1-3-17(4-2,18-13-9-5-6-10-14-18)19-15-11-7-8-12-16-19/h3-16H2,1-2H3. The summed E-state index contributed by atoms with van der Waals surface area (Å²) >= 11 is 0. The summed E-state index contributed by atoms with van der Waals surface area (Å²) < 4.78 is 0. The third kappa shape index (κ3) is 3.52. The van der Waals surface area contributed by atoms with Gasteiger partial charge in [-0.05, 0) is 64.7 Å². The molecule has 2 heterocycles. The summed E-state index contributed by atoms with van der Waals surface area (Å²) in [5.74, 6) is 0. The maximum absolute atomic E-state index is 2.85. The van der Waals surface area contributed by atoms with Crippen LogP contribution in [0.4, 0.5) is 0 Å². The second-order valence-electron chi connectivity index (χ2n) is 6.49. The van der Waals surface area contributed by atoms with E-state index in [-0.39, 0.29) is 0 Å². The van der Waals surface area contributed by atoms with Crippen molar-refractivity contribution < 1.29 is 0 Å². The Morgan fingerprint density at radius 3 is 1.16 bits per heavy atom. The maximum Gasteiger partial charge on any atom is 0.0732 e. The lowest BCUT2D eigenvalue weighted by Gasteiger charge is -2.50. The van der Waals surface area contributed by atoms with Gasteiger partial charge >= 0.3 is 0 Å². The molecule has 0 aliphatic carbocycles. The van der Waals surface area contributed by atoms with E-state index >= 15 is 0 Å². The smallest absolute Gasteiger partial charge is 0.0732 e. The monoisotopic (exact) mass is 266 g/mol. The molecule has 0 N–H and O–H groups in total. The minimum Gasteiger partial charge on any atom is -0.285 e. The minimum absolute atomic E-state index is 0.370. The Hall–Kier alpha value is -0.0800. The van der Waals surface area contributed by atoms with Gasteiger partial charge in [-0.15, -0.1) is 0 Å². The van der Waals surface area contributed by atoms with Crippen molar-refractivity contribution in [2.24, 2.45) is 0 Å². The Morgan fingerprint density at radius 2 is 0.895 bits per heavy atom. The summed E-state index contributed by atoms with van der Waals surface area (Å²) in [5.41, 5.74) is 0.370. The number of hydrogen-bond donors (Lipinski definition) is 0. The summed E-state index contributed by atoms with van der Waals surface area (Å²) in [6.45, 7) is 10.2. The molecule has 2 fully saturated rings. The van der Waals surface area contributed by atoms with Crippen molar-refractivity contribution in [2.75, 3.05) is 26.2 Å². The van der Waals surface area contributed by atoms with Crippen molar-refractivity contribution in [3.05, 3.63) is 0 Å². The number of nitrogens with zero attached hydrogens (tertiary/aromatic N) is 2. The Balaban J connectivity index is 2.13. The van der Waals surface area contributed by atoms with Crippen LogP contribution in [0, 0.1) is 0 Å². The molecule has 0 bridgehead atoms. The molecule has 0 saturated carbocycles. The fourth-order valence-electron chi connectivity index (χ4n) is 4.32. The molecule has 0 aromatic heterocycles. The molecule has 2 rings (SSSR count). The van der Waals surface area contributed by atoms with Gasteiger partial charge in [0.1, 0.15) is 0 Å². The van der Waals surface area contributed by atoms with E-state index in [2.05, 4.69) is 23.6 Å². The molecule has 2 aliphatic rings. The van der Waals surface area contributed by atoms with Gasteiger partial charge in [-0.1, -0.05) is 39.5 Å². The first-order valence-electron chi connectivity index (χ1n) is 8.83. The zero-order valence-corrected chi connectivity index (χ0v) is 13.3. The number of hydrogen-bond acceptors (Lipinski definition) is 2. The molecule has 2 nitrogen and oxygen atoms in total. The maximum atomic E-state index is 2.85. The predicted octanol–water partition coefficient (Wildman–Crippen LogP) is 4.25. The van der Waals surface area contributed by atoms with Gasteiger partial charge in [0.2, 0.25) is 0 Å². The van der Waals surface area contributed by atoms with Gasteiger partial charge in [-0.2, -0.15) is 0 Å². The highest BCUT2D eigenvalue weighted by Gasteiger charge is 2.38. The second-order valence-corrected chi connectivity index (χ2v) is 6.49. The normalized spacial score (nSPS) is 24.9. The van der Waals surface area contributed by atoms with E-state index in [1.165, 1.54) is 90.4 Å². The van der Waals surface area contributed by atoms with Crippen molar-refractivity contribution in [3.63, 3.8) is 0 Å². The van der Waals surface area contributed by atoms with Crippen LogP contribution in [0.1, 0.15) is 78.1 Å². The highest BCUT2D eigenvalue weighted by atomic mass is 15.4. The Bertz CT molecular complexity index is 210. The summed E-state index contributed by atoms with van der Waals surface area (Å²) in [5, 5.41) is 0. The van der Waals surface area contributed by atoms with E-state index in [0.29, 0.717) is 5.66 Å². The van der Waals surface area contributed by atoms with Gasteiger partial charge in [0.15, 0.2) is 0 Å². The van der Waals surface area contributed by atoms with Gasteiger partial charge in [0.05, 0.1) is 5.66 Å². The minimum atomic E-state index is 0.370. The molecule has 0 spiro atoms. The molecular weight excluding hydrogens is 232 g/mol. The lowest BCUT2D eigenvalue weighted by molar-refractivity contribution is -0.0640. The van der Waals surface area contributed by atoms with Crippen LogP contribution in [0.5, 0.6) is 0 Å². The molecule has 2 heteroatoms. The van der Waals surface area contributed by atoms with Gasteiger partial charge in [-0.3, -0.25) is 9.80 Å². The summed E-state index contributed by atoms with van der Waals surface area (Å²) in [7, 11) is 0. The third-order valence-corrected chi connectivity index (χ3v) is 5.52. The van der Waals surface area contributed by atoms with Gasteiger partial charge < -0.3 is 0 Å². The van der Waals surface area contributed by atoms with Crippen LogP contribution < -0.4 is 0 Å². The second kappa shape index (κ2) is 7.64. The first kappa shape index (κ1) is 15.3. The van der Waals surface area contributed by atoms with Crippen molar-refractivity contribution in [3.8, 4) is 0 Å². The Morgan fingerprint density at radius 1 is 0.579 bits per heavy atom. The van der Waals surface area contributed by atoms with Crippen LogP contribution in [0.3, 0.4) is 0 Å². The van der Waals surface area contributed by atoms with Gasteiger partial charge in [-0.25, -0.2) is 0 Å². The van der Waals surface area contributed by atoms with Crippen molar-refractivity contribution in [1.29, 1.82) is 0 Å². The molecule has 0 unspecified atom stereocenters. The first-order valence-corrected chi connectivity index (χ1v) is 8.83. The highest BCUT2D eigenvalue weighted by Crippen LogP contribution is 2.32. The van der Waals surface area contributed by atoms with E-state index in [1.54, 1.807) is 0 Å². The van der Waals surface area contributed by atoms with Gasteiger partial charge in [0, 0.05) is 0 Å². The summed E-state index contributed by atoms with van der Waals surface area (Å²) in [4.78, 5) is 5.70. The van der Waals surface area contributed by atoms with Crippen LogP contribution >= 0.6 is 0 Å². The van der Waals surface area contributed by atoms with Crippen molar-refractivity contribution in [1.82, 2.24) is 9.80 Å². The van der Waals surface area contributed by atoms with Crippen LogP contribution in [0.15, 0.2) is 0 Å². The van der Waals surface area contributed by atoms with Gasteiger partial charge in [0.25, 0.3) is 0 Å². The van der Waals surface area contributed by atoms with E-state index in [4.69, 9.17) is 0 Å². The predicted molar refractivity (Wildman–Crippen MR) is 83.4 cm³/mol. The zero-order chi connectivity index (χ0) is 13.6. The lowest BCUT2D eigenvalue weighted by atomic mass is 9.97. The molecule has 2 saturated heterocycles. The molecule has 0 amide bonds. The Labute approximate surface area is 120 Å². The molecule has 0 radical (unpaired) electrons. The van der Waals surface area contributed by atoms with Crippen LogP contribution in [0.2, 0.25) is 0 Å².